The molecule has 0 heterocycles. The number of ether oxygens (including phenoxy) is 1. The van der Waals surface area contributed by atoms with Crippen molar-refractivity contribution in [2.75, 3.05) is 7.11 Å². The Morgan fingerprint density at radius 1 is 1.14 bits per heavy atom. The second-order valence-electron chi connectivity index (χ2n) is 5.17. The molecule has 2 unspecified atom stereocenters. The molecular weight excluding hydrogens is 267 g/mol. The number of halogens is 1. The monoisotopic (exact) mass is 288 g/mol. The first kappa shape index (κ1) is 15.5. The van der Waals surface area contributed by atoms with Gasteiger partial charge in [0, 0.05) is 5.92 Å². The average molecular weight is 288 g/mol. The molecule has 0 fully saturated rings. The Morgan fingerprint density at radius 2 is 1.86 bits per heavy atom. The maximum Gasteiger partial charge on any atom is 0.165 e. The van der Waals surface area contributed by atoms with Gasteiger partial charge in [0.05, 0.1) is 13.2 Å². The third-order valence-electron chi connectivity index (χ3n) is 3.79. The minimum absolute atomic E-state index is 0.0522. The predicted octanol–water partition coefficient (Wildman–Crippen LogP) is 3.93. The summed E-state index contributed by atoms with van der Waals surface area (Å²) < 4.78 is 18.6. The zero-order valence-corrected chi connectivity index (χ0v) is 12.4. The van der Waals surface area contributed by atoms with Gasteiger partial charge in [-0.1, -0.05) is 43.3 Å². The average Bonchev–Trinajstić information content (AvgIpc) is 2.49. The van der Waals surface area contributed by atoms with E-state index < -0.39 is 11.9 Å². The number of benzene rings is 2. The summed E-state index contributed by atoms with van der Waals surface area (Å²) >= 11 is 0. The molecule has 2 atom stereocenters. The molecule has 0 bridgehead atoms. The van der Waals surface area contributed by atoms with Gasteiger partial charge in [0.1, 0.15) is 0 Å². The molecule has 0 aliphatic rings. The van der Waals surface area contributed by atoms with Gasteiger partial charge in [0.2, 0.25) is 0 Å². The Labute approximate surface area is 125 Å². The first-order valence-electron chi connectivity index (χ1n) is 7.21. The SMILES string of the molecule is CCC(c1ccccc1)C(O)Cc1ccc(OC)c(F)c1. The first-order chi connectivity index (χ1) is 10.2. The van der Waals surface area contributed by atoms with Crippen molar-refractivity contribution in [1.82, 2.24) is 0 Å². The Bertz CT molecular complexity index is 569. The minimum atomic E-state index is -0.537. The lowest BCUT2D eigenvalue weighted by Gasteiger charge is -2.22. The quantitative estimate of drug-likeness (QED) is 0.872. The number of rotatable bonds is 6. The van der Waals surface area contributed by atoms with E-state index in [2.05, 4.69) is 6.92 Å². The van der Waals surface area contributed by atoms with Crippen LogP contribution in [0.15, 0.2) is 48.5 Å². The Morgan fingerprint density at radius 3 is 2.43 bits per heavy atom. The maximum absolute atomic E-state index is 13.7. The van der Waals surface area contributed by atoms with Gasteiger partial charge in [-0.15, -0.1) is 0 Å². The predicted molar refractivity (Wildman–Crippen MR) is 82.1 cm³/mol. The number of aliphatic hydroxyl groups excluding tert-OH is 1. The minimum Gasteiger partial charge on any atom is -0.494 e. The number of aliphatic hydroxyl groups is 1. The van der Waals surface area contributed by atoms with Crippen molar-refractivity contribution in [3.05, 3.63) is 65.5 Å². The van der Waals surface area contributed by atoms with Crippen LogP contribution in [-0.2, 0) is 6.42 Å². The van der Waals surface area contributed by atoms with Gasteiger partial charge in [-0.25, -0.2) is 4.39 Å². The highest BCUT2D eigenvalue weighted by Gasteiger charge is 2.20. The van der Waals surface area contributed by atoms with Crippen LogP contribution < -0.4 is 4.74 Å². The smallest absolute Gasteiger partial charge is 0.165 e. The van der Waals surface area contributed by atoms with Crippen molar-refractivity contribution in [3.8, 4) is 5.75 Å². The first-order valence-corrected chi connectivity index (χ1v) is 7.21. The van der Waals surface area contributed by atoms with Crippen molar-refractivity contribution >= 4 is 0 Å². The molecule has 0 spiro atoms. The number of methoxy groups -OCH3 is 1. The van der Waals surface area contributed by atoms with Gasteiger partial charge in [-0.05, 0) is 36.1 Å². The largest absolute Gasteiger partial charge is 0.494 e. The normalized spacial score (nSPS) is 13.7. The topological polar surface area (TPSA) is 29.5 Å². The summed E-state index contributed by atoms with van der Waals surface area (Å²) in [4.78, 5) is 0. The summed E-state index contributed by atoms with van der Waals surface area (Å²) in [6.07, 6.45) is 0.725. The summed E-state index contributed by atoms with van der Waals surface area (Å²) in [5.41, 5.74) is 1.89. The van der Waals surface area contributed by atoms with Crippen LogP contribution in [0.25, 0.3) is 0 Å². The zero-order valence-electron chi connectivity index (χ0n) is 12.4. The van der Waals surface area contributed by atoms with Crippen LogP contribution in [-0.4, -0.2) is 18.3 Å². The van der Waals surface area contributed by atoms with Crippen molar-refractivity contribution in [2.45, 2.75) is 31.8 Å². The van der Waals surface area contributed by atoms with Gasteiger partial charge in [-0.2, -0.15) is 0 Å². The summed E-state index contributed by atoms with van der Waals surface area (Å²) in [5, 5.41) is 10.5. The number of hydrogen-bond donors (Lipinski definition) is 1. The second-order valence-corrected chi connectivity index (χ2v) is 5.17. The Hall–Kier alpha value is -1.87. The van der Waals surface area contributed by atoms with Crippen LogP contribution in [0.1, 0.15) is 30.4 Å². The molecule has 0 radical (unpaired) electrons. The molecule has 0 aliphatic carbocycles. The van der Waals surface area contributed by atoms with Gasteiger partial charge >= 0.3 is 0 Å². The summed E-state index contributed by atoms with van der Waals surface area (Å²) in [6.45, 7) is 2.05. The van der Waals surface area contributed by atoms with Crippen molar-refractivity contribution < 1.29 is 14.2 Å². The molecule has 21 heavy (non-hydrogen) atoms. The molecule has 0 aliphatic heterocycles. The van der Waals surface area contributed by atoms with Crippen molar-refractivity contribution in [1.29, 1.82) is 0 Å². The van der Waals surface area contributed by atoms with Crippen LogP contribution in [0, 0.1) is 5.82 Å². The molecule has 0 aromatic heterocycles. The summed E-state index contributed by atoms with van der Waals surface area (Å²) in [7, 11) is 1.44. The van der Waals surface area contributed by atoms with E-state index in [-0.39, 0.29) is 11.7 Å². The van der Waals surface area contributed by atoms with Gasteiger partial charge in [-0.3, -0.25) is 0 Å². The Kier molecular flexibility index (Phi) is 5.34. The van der Waals surface area contributed by atoms with E-state index in [0.717, 1.165) is 17.5 Å². The fourth-order valence-electron chi connectivity index (χ4n) is 2.65. The maximum atomic E-state index is 13.7. The third kappa shape index (κ3) is 3.82. The van der Waals surface area contributed by atoms with E-state index in [1.54, 1.807) is 12.1 Å². The van der Waals surface area contributed by atoms with Crippen LogP contribution in [0.5, 0.6) is 5.75 Å². The standard InChI is InChI=1S/C18H21FO2/c1-3-15(14-7-5-4-6-8-14)17(20)12-13-9-10-18(21-2)16(19)11-13/h4-11,15,17,20H,3,12H2,1-2H3. The molecule has 0 amide bonds. The van der Waals surface area contributed by atoms with E-state index in [4.69, 9.17) is 4.74 Å². The fourth-order valence-corrected chi connectivity index (χ4v) is 2.65. The lowest BCUT2D eigenvalue weighted by molar-refractivity contribution is 0.140. The highest BCUT2D eigenvalue weighted by Crippen LogP contribution is 2.26. The van der Waals surface area contributed by atoms with Gasteiger partial charge in [0.15, 0.2) is 11.6 Å². The molecule has 2 aromatic carbocycles. The third-order valence-corrected chi connectivity index (χ3v) is 3.79. The fraction of sp³-hybridized carbons (Fsp3) is 0.333. The molecule has 3 heteroatoms. The molecule has 112 valence electrons. The molecule has 0 saturated heterocycles. The molecule has 2 rings (SSSR count). The molecular formula is C18H21FO2. The molecule has 0 saturated carbocycles. The highest BCUT2D eigenvalue weighted by atomic mass is 19.1. The van der Waals surface area contributed by atoms with Crippen LogP contribution in [0.4, 0.5) is 4.39 Å². The summed E-state index contributed by atoms with van der Waals surface area (Å²) in [5.74, 6) is -0.116. The van der Waals surface area contributed by atoms with E-state index in [1.165, 1.54) is 13.2 Å². The Balaban J connectivity index is 2.12. The molecule has 2 aromatic rings. The van der Waals surface area contributed by atoms with Crippen molar-refractivity contribution in [3.63, 3.8) is 0 Å². The van der Waals surface area contributed by atoms with E-state index in [9.17, 15) is 9.50 Å². The lowest BCUT2D eigenvalue weighted by atomic mass is 9.88. The van der Waals surface area contributed by atoms with E-state index in [0.29, 0.717) is 6.42 Å². The van der Waals surface area contributed by atoms with E-state index >= 15 is 0 Å². The molecule has 1 N–H and O–H groups in total. The second kappa shape index (κ2) is 7.23. The molecule has 2 nitrogen and oxygen atoms in total. The number of hydrogen-bond acceptors (Lipinski definition) is 2. The van der Waals surface area contributed by atoms with Crippen LogP contribution >= 0.6 is 0 Å². The van der Waals surface area contributed by atoms with Crippen LogP contribution in [0.3, 0.4) is 0 Å². The highest BCUT2D eigenvalue weighted by molar-refractivity contribution is 5.30. The van der Waals surface area contributed by atoms with E-state index in [1.807, 2.05) is 30.3 Å². The lowest BCUT2D eigenvalue weighted by Crippen LogP contribution is -2.20. The van der Waals surface area contributed by atoms with Crippen LogP contribution in [0.2, 0.25) is 0 Å². The van der Waals surface area contributed by atoms with Gasteiger partial charge < -0.3 is 9.84 Å². The van der Waals surface area contributed by atoms with Crippen molar-refractivity contribution in [2.24, 2.45) is 0 Å². The summed E-state index contributed by atoms with van der Waals surface area (Å²) in [6, 6.07) is 14.8. The van der Waals surface area contributed by atoms with Gasteiger partial charge in [0.25, 0.3) is 0 Å². The zero-order chi connectivity index (χ0) is 15.2.